The summed E-state index contributed by atoms with van der Waals surface area (Å²) in [5.41, 5.74) is 8.75. The molecule has 0 heterocycles. The smallest absolute Gasteiger partial charge is 0.252 e. The number of rotatable bonds is 4. The van der Waals surface area contributed by atoms with E-state index in [1.54, 1.807) is 0 Å². The van der Waals surface area contributed by atoms with Crippen molar-refractivity contribution in [3.63, 3.8) is 0 Å². The standard InChI is InChI=1S/C16H17BrN2O/c1-11-7-8-14(17)13(9-11)16(20)19-10-15(18)12-5-3-2-4-6-12/h2-9,15H,10,18H2,1H3,(H,19,20). The Kier molecular flexibility index (Phi) is 4.93. The van der Waals surface area contributed by atoms with Crippen LogP contribution in [0.4, 0.5) is 0 Å². The summed E-state index contributed by atoms with van der Waals surface area (Å²) in [4.78, 5) is 12.2. The average Bonchev–Trinajstić information content (AvgIpc) is 2.47. The molecule has 0 saturated heterocycles. The Morgan fingerprint density at radius 2 is 1.95 bits per heavy atom. The van der Waals surface area contributed by atoms with E-state index in [9.17, 15) is 4.79 Å². The summed E-state index contributed by atoms with van der Waals surface area (Å²) in [6, 6.07) is 15.2. The van der Waals surface area contributed by atoms with Crippen molar-refractivity contribution in [2.45, 2.75) is 13.0 Å². The summed E-state index contributed by atoms with van der Waals surface area (Å²) < 4.78 is 0.786. The molecule has 2 rings (SSSR count). The van der Waals surface area contributed by atoms with E-state index in [2.05, 4.69) is 21.2 Å². The lowest BCUT2D eigenvalue weighted by Gasteiger charge is -2.14. The van der Waals surface area contributed by atoms with Crippen molar-refractivity contribution in [2.24, 2.45) is 5.73 Å². The van der Waals surface area contributed by atoms with Crippen LogP contribution in [0.5, 0.6) is 0 Å². The topological polar surface area (TPSA) is 55.1 Å². The number of hydrogen-bond donors (Lipinski definition) is 2. The van der Waals surface area contributed by atoms with Gasteiger partial charge in [0, 0.05) is 17.1 Å². The van der Waals surface area contributed by atoms with E-state index in [1.807, 2.05) is 55.5 Å². The fourth-order valence-electron chi connectivity index (χ4n) is 1.93. The fraction of sp³-hybridized carbons (Fsp3) is 0.188. The number of aryl methyl sites for hydroxylation is 1. The van der Waals surface area contributed by atoms with Crippen LogP contribution in [0.25, 0.3) is 0 Å². The monoisotopic (exact) mass is 332 g/mol. The van der Waals surface area contributed by atoms with E-state index < -0.39 is 0 Å². The summed E-state index contributed by atoms with van der Waals surface area (Å²) in [6.07, 6.45) is 0. The fourth-order valence-corrected chi connectivity index (χ4v) is 2.36. The van der Waals surface area contributed by atoms with Crippen molar-refractivity contribution in [3.05, 3.63) is 69.7 Å². The van der Waals surface area contributed by atoms with Crippen LogP contribution in [0, 0.1) is 6.92 Å². The lowest BCUT2D eigenvalue weighted by atomic mass is 10.1. The molecule has 1 unspecified atom stereocenters. The van der Waals surface area contributed by atoms with Gasteiger partial charge in [0.1, 0.15) is 0 Å². The third kappa shape index (κ3) is 3.68. The third-order valence-electron chi connectivity index (χ3n) is 3.08. The van der Waals surface area contributed by atoms with Crippen molar-refractivity contribution < 1.29 is 4.79 Å². The minimum Gasteiger partial charge on any atom is -0.350 e. The van der Waals surface area contributed by atoms with Gasteiger partial charge in [0.05, 0.1) is 5.56 Å². The van der Waals surface area contributed by atoms with Gasteiger partial charge in [0.15, 0.2) is 0 Å². The SMILES string of the molecule is Cc1ccc(Br)c(C(=O)NCC(N)c2ccccc2)c1. The van der Waals surface area contributed by atoms with Crippen LogP contribution in [0.1, 0.15) is 27.5 Å². The molecule has 0 aromatic heterocycles. The molecule has 20 heavy (non-hydrogen) atoms. The molecule has 0 aliphatic heterocycles. The van der Waals surface area contributed by atoms with Crippen molar-refractivity contribution in [3.8, 4) is 0 Å². The zero-order valence-electron chi connectivity index (χ0n) is 11.3. The van der Waals surface area contributed by atoms with Gasteiger partial charge in [0.2, 0.25) is 0 Å². The van der Waals surface area contributed by atoms with E-state index in [0.717, 1.165) is 15.6 Å². The molecule has 2 aromatic rings. The maximum Gasteiger partial charge on any atom is 0.252 e. The third-order valence-corrected chi connectivity index (χ3v) is 3.77. The highest BCUT2D eigenvalue weighted by Gasteiger charge is 2.12. The molecule has 0 saturated carbocycles. The van der Waals surface area contributed by atoms with Crippen LogP contribution < -0.4 is 11.1 Å². The van der Waals surface area contributed by atoms with Crippen LogP contribution in [-0.2, 0) is 0 Å². The predicted molar refractivity (Wildman–Crippen MR) is 84.6 cm³/mol. The number of carbonyl (C=O) groups excluding carboxylic acids is 1. The molecular weight excluding hydrogens is 316 g/mol. The molecule has 0 bridgehead atoms. The lowest BCUT2D eigenvalue weighted by Crippen LogP contribution is -2.32. The second-order valence-corrected chi connectivity index (χ2v) is 5.56. The molecule has 104 valence electrons. The van der Waals surface area contributed by atoms with Gasteiger partial charge >= 0.3 is 0 Å². The minimum absolute atomic E-state index is 0.119. The first-order chi connectivity index (χ1) is 9.58. The molecule has 0 spiro atoms. The molecule has 1 atom stereocenters. The Balaban J connectivity index is 2.00. The van der Waals surface area contributed by atoms with E-state index in [4.69, 9.17) is 5.73 Å². The summed E-state index contributed by atoms with van der Waals surface area (Å²) in [5.74, 6) is -0.119. The predicted octanol–water partition coefficient (Wildman–Crippen LogP) is 3.19. The van der Waals surface area contributed by atoms with E-state index in [-0.39, 0.29) is 11.9 Å². The molecule has 0 fully saturated rings. The van der Waals surface area contributed by atoms with E-state index in [0.29, 0.717) is 12.1 Å². The number of benzene rings is 2. The summed E-state index contributed by atoms with van der Waals surface area (Å²) in [7, 11) is 0. The molecule has 2 aromatic carbocycles. The molecular formula is C16H17BrN2O. The number of amides is 1. The van der Waals surface area contributed by atoms with Crippen LogP contribution >= 0.6 is 15.9 Å². The first-order valence-corrected chi connectivity index (χ1v) is 7.22. The second-order valence-electron chi connectivity index (χ2n) is 4.71. The number of halogens is 1. The second kappa shape index (κ2) is 6.68. The van der Waals surface area contributed by atoms with Gasteiger partial charge in [-0.15, -0.1) is 0 Å². The molecule has 3 nitrogen and oxygen atoms in total. The van der Waals surface area contributed by atoms with Crippen LogP contribution in [0.3, 0.4) is 0 Å². The number of nitrogens with one attached hydrogen (secondary N) is 1. The molecule has 0 aliphatic rings. The van der Waals surface area contributed by atoms with Gasteiger partial charge in [-0.2, -0.15) is 0 Å². The first kappa shape index (κ1) is 14.8. The maximum absolute atomic E-state index is 12.2. The maximum atomic E-state index is 12.2. The Hall–Kier alpha value is -1.65. The Morgan fingerprint density at radius 3 is 2.65 bits per heavy atom. The van der Waals surface area contributed by atoms with Gasteiger partial charge in [-0.3, -0.25) is 4.79 Å². The highest BCUT2D eigenvalue weighted by atomic mass is 79.9. The van der Waals surface area contributed by atoms with Crippen molar-refractivity contribution >= 4 is 21.8 Å². The molecule has 4 heteroatoms. The highest BCUT2D eigenvalue weighted by molar-refractivity contribution is 9.10. The summed E-state index contributed by atoms with van der Waals surface area (Å²) in [5, 5.41) is 2.87. The van der Waals surface area contributed by atoms with Crippen LogP contribution in [-0.4, -0.2) is 12.5 Å². The van der Waals surface area contributed by atoms with Gasteiger partial charge in [-0.05, 0) is 40.5 Å². The summed E-state index contributed by atoms with van der Waals surface area (Å²) >= 11 is 3.39. The van der Waals surface area contributed by atoms with Gasteiger partial charge in [-0.1, -0.05) is 42.0 Å². The Bertz CT molecular complexity index is 599. The lowest BCUT2D eigenvalue weighted by molar-refractivity contribution is 0.0950. The Morgan fingerprint density at radius 1 is 1.25 bits per heavy atom. The van der Waals surface area contributed by atoms with Crippen molar-refractivity contribution in [1.29, 1.82) is 0 Å². The van der Waals surface area contributed by atoms with Crippen molar-refractivity contribution in [1.82, 2.24) is 5.32 Å². The van der Waals surface area contributed by atoms with Gasteiger partial charge in [0.25, 0.3) is 5.91 Å². The van der Waals surface area contributed by atoms with Gasteiger partial charge in [-0.25, -0.2) is 0 Å². The number of carbonyl (C=O) groups is 1. The normalized spacial score (nSPS) is 11.9. The van der Waals surface area contributed by atoms with Crippen LogP contribution in [0.15, 0.2) is 53.0 Å². The largest absolute Gasteiger partial charge is 0.350 e. The zero-order valence-corrected chi connectivity index (χ0v) is 12.9. The molecule has 0 radical (unpaired) electrons. The molecule has 1 amide bonds. The summed E-state index contributed by atoms with van der Waals surface area (Å²) in [6.45, 7) is 2.36. The first-order valence-electron chi connectivity index (χ1n) is 6.43. The highest BCUT2D eigenvalue weighted by Crippen LogP contribution is 2.18. The van der Waals surface area contributed by atoms with Crippen molar-refractivity contribution in [2.75, 3.05) is 6.54 Å². The average molecular weight is 333 g/mol. The number of hydrogen-bond acceptors (Lipinski definition) is 2. The van der Waals surface area contributed by atoms with Crippen LogP contribution in [0.2, 0.25) is 0 Å². The number of nitrogens with two attached hydrogens (primary N) is 1. The quantitative estimate of drug-likeness (QED) is 0.903. The van der Waals surface area contributed by atoms with Gasteiger partial charge < -0.3 is 11.1 Å². The Labute approximate surface area is 127 Å². The molecule has 3 N–H and O–H groups in total. The molecule has 0 aliphatic carbocycles. The minimum atomic E-state index is -0.205. The van der Waals surface area contributed by atoms with E-state index >= 15 is 0 Å². The van der Waals surface area contributed by atoms with E-state index in [1.165, 1.54) is 0 Å². The zero-order chi connectivity index (χ0) is 14.5.